The number of Topliss-reactive ketones (excluding diaryl/α,β-unsaturated/α-hetero) is 1. The minimum absolute atomic E-state index is 0.0307. The van der Waals surface area contributed by atoms with Crippen molar-refractivity contribution >= 4 is 46.0 Å². The van der Waals surface area contributed by atoms with Crippen molar-refractivity contribution in [2.45, 2.75) is 25.5 Å². The van der Waals surface area contributed by atoms with Gasteiger partial charge >= 0.3 is 5.97 Å². The number of hydrogen-bond donors (Lipinski definition) is 2. The lowest BCUT2D eigenvalue weighted by atomic mass is 10.1. The summed E-state index contributed by atoms with van der Waals surface area (Å²) in [7, 11) is 0. The Kier molecular flexibility index (Phi) is 5.79. The van der Waals surface area contributed by atoms with E-state index in [0.29, 0.717) is 22.1 Å². The molecule has 1 unspecified atom stereocenters. The maximum absolute atomic E-state index is 12.8. The zero-order chi connectivity index (χ0) is 20.3. The van der Waals surface area contributed by atoms with Crippen LogP contribution in [-0.4, -0.2) is 33.2 Å². The highest BCUT2D eigenvalue weighted by Crippen LogP contribution is 2.34. The van der Waals surface area contributed by atoms with Gasteiger partial charge in [0.25, 0.3) is 0 Å². The second-order valence-corrected chi connectivity index (χ2v) is 7.52. The molecule has 0 radical (unpaired) electrons. The number of benzene rings is 2. The number of carboxylic acids is 1. The van der Waals surface area contributed by atoms with Crippen molar-refractivity contribution in [3.8, 4) is 0 Å². The van der Waals surface area contributed by atoms with Crippen LogP contribution in [0.25, 0.3) is 0 Å². The van der Waals surface area contributed by atoms with Crippen LogP contribution in [0.3, 0.4) is 0 Å². The molecule has 7 nitrogen and oxygen atoms in total. The predicted molar refractivity (Wildman–Crippen MR) is 110 cm³/mol. The summed E-state index contributed by atoms with van der Waals surface area (Å²) < 4.78 is 0. The van der Waals surface area contributed by atoms with Gasteiger partial charge in [-0.05, 0) is 50.2 Å². The standard InChI is InChI=1S/C20H19N3O4S/c1-12-3-9-16(10-4-12)23-19(27)17(11-18(25)26)28-20(23)22-21-15-7-5-14(6-8-15)13(2)24/h3-10,17,21H,11H2,1-2H3,(H,25,26)/b22-20+. The van der Waals surface area contributed by atoms with E-state index in [9.17, 15) is 14.4 Å². The van der Waals surface area contributed by atoms with Gasteiger partial charge in [0.05, 0.1) is 17.8 Å². The quantitative estimate of drug-likeness (QED) is 0.572. The highest BCUT2D eigenvalue weighted by molar-refractivity contribution is 8.16. The summed E-state index contributed by atoms with van der Waals surface area (Å²) >= 11 is 1.11. The van der Waals surface area contributed by atoms with Crippen LogP contribution >= 0.6 is 11.8 Å². The summed E-state index contributed by atoms with van der Waals surface area (Å²) in [5.74, 6) is -1.38. The number of hydrazone groups is 1. The Morgan fingerprint density at radius 3 is 2.36 bits per heavy atom. The molecule has 0 saturated carbocycles. The van der Waals surface area contributed by atoms with Crippen molar-refractivity contribution in [1.82, 2.24) is 0 Å². The molecule has 1 fully saturated rings. The van der Waals surface area contributed by atoms with Crippen molar-refractivity contribution in [1.29, 1.82) is 0 Å². The number of rotatable bonds is 6. The molecule has 3 rings (SSSR count). The SMILES string of the molecule is CC(=O)c1ccc(N/N=C2/SC(CC(=O)O)C(=O)N2c2ccc(C)cc2)cc1. The highest BCUT2D eigenvalue weighted by Gasteiger charge is 2.40. The van der Waals surface area contributed by atoms with Crippen LogP contribution in [0.5, 0.6) is 0 Å². The van der Waals surface area contributed by atoms with Gasteiger partial charge < -0.3 is 5.11 Å². The van der Waals surface area contributed by atoms with Gasteiger partial charge in [0, 0.05) is 5.56 Å². The third-order valence-corrected chi connectivity index (χ3v) is 5.30. The summed E-state index contributed by atoms with van der Waals surface area (Å²) in [5.41, 5.74) is 5.79. The molecule has 1 aliphatic heterocycles. The van der Waals surface area contributed by atoms with Gasteiger partial charge in [-0.25, -0.2) is 0 Å². The van der Waals surface area contributed by atoms with Crippen LogP contribution in [0.1, 0.15) is 29.3 Å². The van der Waals surface area contributed by atoms with E-state index in [1.807, 2.05) is 19.1 Å². The van der Waals surface area contributed by atoms with Gasteiger partial charge in [-0.1, -0.05) is 29.5 Å². The normalized spacial score (nSPS) is 17.8. The topological polar surface area (TPSA) is 99.1 Å². The van der Waals surface area contributed by atoms with Crippen LogP contribution in [0, 0.1) is 6.92 Å². The van der Waals surface area contributed by atoms with E-state index in [-0.39, 0.29) is 18.1 Å². The first-order valence-corrected chi connectivity index (χ1v) is 9.47. The molecule has 2 aromatic carbocycles. The molecule has 0 spiro atoms. The van der Waals surface area contributed by atoms with E-state index in [1.165, 1.54) is 11.8 Å². The van der Waals surface area contributed by atoms with Crippen LogP contribution in [-0.2, 0) is 9.59 Å². The fourth-order valence-corrected chi connectivity index (χ4v) is 3.74. The Morgan fingerprint density at radius 2 is 1.79 bits per heavy atom. The molecule has 1 saturated heterocycles. The van der Waals surface area contributed by atoms with Crippen molar-refractivity contribution in [2.75, 3.05) is 10.3 Å². The van der Waals surface area contributed by atoms with Gasteiger partial charge in [0.1, 0.15) is 5.25 Å². The van der Waals surface area contributed by atoms with E-state index >= 15 is 0 Å². The summed E-state index contributed by atoms with van der Waals surface area (Å²) in [6.45, 7) is 3.43. The Bertz CT molecular complexity index is 939. The summed E-state index contributed by atoms with van der Waals surface area (Å²) in [4.78, 5) is 36.6. The smallest absolute Gasteiger partial charge is 0.305 e. The molecular formula is C20H19N3O4S. The largest absolute Gasteiger partial charge is 0.481 e. The molecule has 0 bridgehead atoms. The van der Waals surface area contributed by atoms with Crippen LogP contribution in [0.15, 0.2) is 53.6 Å². The number of amidine groups is 1. The number of carboxylic acid groups (broad SMARTS) is 1. The van der Waals surface area contributed by atoms with Gasteiger partial charge in [-0.3, -0.25) is 24.7 Å². The van der Waals surface area contributed by atoms with Crippen molar-refractivity contribution in [3.63, 3.8) is 0 Å². The zero-order valence-corrected chi connectivity index (χ0v) is 16.2. The summed E-state index contributed by atoms with van der Waals surface area (Å²) in [5, 5.41) is 13.0. The lowest BCUT2D eigenvalue weighted by molar-refractivity contribution is -0.138. The fraction of sp³-hybridized carbons (Fsp3) is 0.200. The lowest BCUT2D eigenvalue weighted by Gasteiger charge is -2.16. The number of ketones is 1. The van der Waals surface area contributed by atoms with E-state index in [4.69, 9.17) is 5.11 Å². The number of nitrogens with zero attached hydrogens (tertiary/aromatic N) is 2. The molecule has 1 heterocycles. The minimum Gasteiger partial charge on any atom is -0.481 e. The predicted octanol–water partition coefficient (Wildman–Crippen LogP) is 3.50. The van der Waals surface area contributed by atoms with Gasteiger partial charge in [0.2, 0.25) is 5.91 Å². The number of nitrogens with one attached hydrogen (secondary N) is 1. The average Bonchev–Trinajstić information content (AvgIpc) is 2.96. The number of aryl methyl sites for hydroxylation is 1. The Balaban J connectivity index is 1.87. The van der Waals surface area contributed by atoms with Gasteiger partial charge in [0.15, 0.2) is 11.0 Å². The molecule has 1 aliphatic rings. The van der Waals surface area contributed by atoms with Crippen molar-refractivity contribution < 1.29 is 19.5 Å². The molecule has 28 heavy (non-hydrogen) atoms. The monoisotopic (exact) mass is 397 g/mol. The molecule has 144 valence electrons. The van der Waals surface area contributed by atoms with Crippen LogP contribution in [0.2, 0.25) is 0 Å². The van der Waals surface area contributed by atoms with E-state index < -0.39 is 11.2 Å². The number of thioether (sulfide) groups is 1. The molecule has 1 atom stereocenters. The third kappa shape index (κ3) is 4.40. The second kappa shape index (κ2) is 8.26. The van der Waals surface area contributed by atoms with Crippen LogP contribution < -0.4 is 10.3 Å². The average molecular weight is 397 g/mol. The number of aliphatic carboxylic acids is 1. The number of anilines is 2. The first kappa shape index (κ1) is 19.6. The minimum atomic E-state index is -1.04. The Hall–Kier alpha value is -3.13. The number of carbonyl (C=O) groups excluding carboxylic acids is 2. The molecular weight excluding hydrogens is 378 g/mol. The maximum Gasteiger partial charge on any atom is 0.305 e. The Labute approximate surface area is 166 Å². The van der Waals surface area contributed by atoms with Gasteiger partial charge in [-0.15, -0.1) is 5.10 Å². The van der Waals surface area contributed by atoms with Crippen LogP contribution in [0.4, 0.5) is 11.4 Å². The fourth-order valence-electron chi connectivity index (χ4n) is 2.66. The van der Waals surface area contributed by atoms with Crippen molar-refractivity contribution in [3.05, 3.63) is 59.7 Å². The molecule has 1 amide bonds. The summed E-state index contributed by atoms with van der Waals surface area (Å²) in [6, 6.07) is 14.2. The van der Waals surface area contributed by atoms with E-state index in [2.05, 4.69) is 10.5 Å². The summed E-state index contributed by atoms with van der Waals surface area (Å²) in [6.07, 6.45) is -0.280. The van der Waals surface area contributed by atoms with E-state index in [1.54, 1.807) is 36.4 Å². The number of hydrogen-bond acceptors (Lipinski definition) is 6. The number of amides is 1. The van der Waals surface area contributed by atoms with Gasteiger partial charge in [-0.2, -0.15) is 0 Å². The Morgan fingerprint density at radius 1 is 1.14 bits per heavy atom. The first-order valence-electron chi connectivity index (χ1n) is 8.59. The molecule has 2 aromatic rings. The van der Waals surface area contributed by atoms with E-state index in [0.717, 1.165) is 17.3 Å². The molecule has 0 aromatic heterocycles. The highest BCUT2D eigenvalue weighted by atomic mass is 32.2. The van der Waals surface area contributed by atoms with Crippen molar-refractivity contribution in [2.24, 2.45) is 5.10 Å². The molecule has 2 N–H and O–H groups in total. The second-order valence-electron chi connectivity index (χ2n) is 6.35. The number of carbonyl (C=O) groups is 3. The zero-order valence-electron chi connectivity index (χ0n) is 15.4. The molecule has 0 aliphatic carbocycles. The molecule has 8 heteroatoms. The maximum atomic E-state index is 12.8. The third-order valence-electron chi connectivity index (χ3n) is 4.16. The lowest BCUT2D eigenvalue weighted by Crippen LogP contribution is -2.33. The first-order chi connectivity index (χ1) is 13.3.